The van der Waals surface area contributed by atoms with Crippen molar-refractivity contribution in [2.45, 2.75) is 64.8 Å². The van der Waals surface area contributed by atoms with Crippen LogP contribution >= 0.6 is 0 Å². The predicted octanol–water partition coefficient (Wildman–Crippen LogP) is 3.19. The summed E-state index contributed by atoms with van der Waals surface area (Å²) in [6.07, 6.45) is 9.88. The van der Waals surface area contributed by atoms with Crippen molar-refractivity contribution >= 4 is 0 Å². The molecule has 0 bridgehead atoms. The van der Waals surface area contributed by atoms with Gasteiger partial charge in [-0.15, -0.1) is 0 Å². The maximum Gasteiger partial charge on any atom is 0.0245 e. The number of rotatable bonds is 3. The molecule has 0 aromatic rings. The van der Waals surface area contributed by atoms with Gasteiger partial charge in [0.25, 0.3) is 0 Å². The highest BCUT2D eigenvalue weighted by molar-refractivity contribution is 4.82. The molecule has 2 atom stereocenters. The van der Waals surface area contributed by atoms with Crippen LogP contribution in [0.2, 0.25) is 0 Å². The normalized spacial score (nSPS) is 33.2. The minimum absolute atomic E-state index is 0.756. The van der Waals surface area contributed by atoms with Crippen molar-refractivity contribution in [3.63, 3.8) is 0 Å². The van der Waals surface area contributed by atoms with E-state index in [2.05, 4.69) is 24.3 Å². The molecular weight excluding hydrogens is 196 g/mol. The zero-order valence-electron chi connectivity index (χ0n) is 11.0. The van der Waals surface area contributed by atoms with Gasteiger partial charge in [-0.05, 0) is 37.5 Å². The fourth-order valence-corrected chi connectivity index (χ4v) is 3.38. The fourth-order valence-electron chi connectivity index (χ4n) is 3.38. The zero-order valence-corrected chi connectivity index (χ0v) is 11.0. The Morgan fingerprint density at radius 2 is 1.62 bits per heavy atom. The molecule has 0 radical (unpaired) electrons. The lowest BCUT2D eigenvalue weighted by atomic mass is 9.78. The van der Waals surface area contributed by atoms with Crippen LogP contribution in [0.4, 0.5) is 0 Å². The smallest absolute Gasteiger partial charge is 0.0245 e. The first-order valence-corrected chi connectivity index (χ1v) is 7.28. The Labute approximate surface area is 101 Å². The highest BCUT2D eigenvalue weighted by Crippen LogP contribution is 2.30. The predicted molar refractivity (Wildman–Crippen MR) is 69.1 cm³/mol. The standard InChI is InChI=1S/C14H28N2/c1-12(2)13-8-4-5-9-14(13)15-16-10-6-3-7-11-16/h12-15H,3-11H2,1-2H3. The van der Waals surface area contributed by atoms with Gasteiger partial charge in [0.2, 0.25) is 0 Å². The van der Waals surface area contributed by atoms with Crippen LogP contribution in [0.1, 0.15) is 58.8 Å². The summed E-state index contributed by atoms with van der Waals surface area (Å²) in [7, 11) is 0. The van der Waals surface area contributed by atoms with Crippen LogP contribution in [-0.4, -0.2) is 24.1 Å². The summed E-state index contributed by atoms with van der Waals surface area (Å²) >= 11 is 0. The summed E-state index contributed by atoms with van der Waals surface area (Å²) in [6, 6.07) is 0.756. The van der Waals surface area contributed by atoms with E-state index >= 15 is 0 Å². The van der Waals surface area contributed by atoms with Gasteiger partial charge >= 0.3 is 0 Å². The molecule has 16 heavy (non-hydrogen) atoms. The quantitative estimate of drug-likeness (QED) is 0.792. The minimum Gasteiger partial charge on any atom is -0.252 e. The summed E-state index contributed by atoms with van der Waals surface area (Å²) in [4.78, 5) is 0. The number of piperidine rings is 1. The summed E-state index contributed by atoms with van der Waals surface area (Å²) in [5.41, 5.74) is 3.82. The molecule has 0 aromatic heterocycles. The lowest BCUT2D eigenvalue weighted by Gasteiger charge is -2.39. The Hall–Kier alpha value is -0.0800. The van der Waals surface area contributed by atoms with Crippen molar-refractivity contribution < 1.29 is 0 Å². The molecule has 1 saturated carbocycles. The van der Waals surface area contributed by atoms with Crippen LogP contribution in [-0.2, 0) is 0 Å². The number of hydrogen-bond donors (Lipinski definition) is 1. The SMILES string of the molecule is CC(C)C1CCCCC1NN1CCCCC1. The highest BCUT2D eigenvalue weighted by atomic mass is 15.5. The van der Waals surface area contributed by atoms with E-state index in [0.29, 0.717) is 0 Å². The van der Waals surface area contributed by atoms with Gasteiger partial charge in [-0.1, -0.05) is 33.1 Å². The Morgan fingerprint density at radius 3 is 2.31 bits per heavy atom. The van der Waals surface area contributed by atoms with E-state index in [1.807, 2.05) is 0 Å². The van der Waals surface area contributed by atoms with E-state index in [-0.39, 0.29) is 0 Å². The zero-order chi connectivity index (χ0) is 11.4. The molecule has 2 rings (SSSR count). The van der Waals surface area contributed by atoms with Crippen LogP contribution in [0.15, 0.2) is 0 Å². The molecule has 0 spiro atoms. The maximum absolute atomic E-state index is 3.82. The van der Waals surface area contributed by atoms with Gasteiger partial charge in [0.15, 0.2) is 0 Å². The second kappa shape index (κ2) is 6.02. The molecule has 1 N–H and O–H groups in total. The van der Waals surface area contributed by atoms with E-state index in [0.717, 1.165) is 17.9 Å². The number of hydrogen-bond acceptors (Lipinski definition) is 2. The van der Waals surface area contributed by atoms with E-state index in [1.54, 1.807) is 0 Å². The van der Waals surface area contributed by atoms with Crippen LogP contribution in [0.5, 0.6) is 0 Å². The second-order valence-electron chi connectivity index (χ2n) is 5.98. The van der Waals surface area contributed by atoms with Crippen molar-refractivity contribution in [3.05, 3.63) is 0 Å². The fraction of sp³-hybridized carbons (Fsp3) is 1.00. The van der Waals surface area contributed by atoms with Crippen molar-refractivity contribution in [2.24, 2.45) is 11.8 Å². The highest BCUT2D eigenvalue weighted by Gasteiger charge is 2.28. The van der Waals surface area contributed by atoms with E-state index in [4.69, 9.17) is 0 Å². The molecule has 94 valence electrons. The Balaban J connectivity index is 1.85. The summed E-state index contributed by atoms with van der Waals surface area (Å²) in [5, 5.41) is 2.49. The Morgan fingerprint density at radius 1 is 0.938 bits per heavy atom. The summed E-state index contributed by atoms with van der Waals surface area (Å²) < 4.78 is 0. The molecule has 1 aliphatic carbocycles. The molecule has 0 amide bonds. The first-order chi connectivity index (χ1) is 7.77. The van der Waals surface area contributed by atoms with E-state index in [1.165, 1.54) is 58.0 Å². The number of nitrogens with one attached hydrogen (secondary N) is 1. The molecule has 1 heterocycles. The van der Waals surface area contributed by atoms with Gasteiger partial charge in [-0.3, -0.25) is 5.43 Å². The van der Waals surface area contributed by atoms with Crippen LogP contribution in [0.25, 0.3) is 0 Å². The summed E-state index contributed by atoms with van der Waals surface area (Å²) in [6.45, 7) is 7.31. The molecular formula is C14H28N2. The van der Waals surface area contributed by atoms with Crippen LogP contribution in [0, 0.1) is 11.8 Å². The van der Waals surface area contributed by atoms with Crippen molar-refractivity contribution in [2.75, 3.05) is 13.1 Å². The largest absolute Gasteiger partial charge is 0.252 e. The van der Waals surface area contributed by atoms with Gasteiger partial charge in [-0.25, -0.2) is 5.01 Å². The number of nitrogens with zero attached hydrogens (tertiary/aromatic N) is 1. The van der Waals surface area contributed by atoms with Gasteiger partial charge in [0.1, 0.15) is 0 Å². The van der Waals surface area contributed by atoms with Crippen molar-refractivity contribution in [3.8, 4) is 0 Å². The molecule has 2 unspecified atom stereocenters. The molecule has 2 aliphatic rings. The first kappa shape index (κ1) is 12.4. The molecule has 1 aliphatic heterocycles. The summed E-state index contributed by atoms with van der Waals surface area (Å²) in [5.74, 6) is 1.73. The topological polar surface area (TPSA) is 15.3 Å². The molecule has 1 saturated heterocycles. The monoisotopic (exact) mass is 224 g/mol. The average Bonchev–Trinajstić information content (AvgIpc) is 2.31. The minimum atomic E-state index is 0.756. The Kier molecular flexibility index (Phi) is 4.66. The van der Waals surface area contributed by atoms with Crippen molar-refractivity contribution in [1.29, 1.82) is 0 Å². The lowest BCUT2D eigenvalue weighted by Crippen LogP contribution is -2.51. The average molecular weight is 224 g/mol. The third-order valence-corrected chi connectivity index (χ3v) is 4.38. The van der Waals surface area contributed by atoms with Crippen LogP contribution < -0.4 is 5.43 Å². The van der Waals surface area contributed by atoms with Gasteiger partial charge in [0.05, 0.1) is 0 Å². The van der Waals surface area contributed by atoms with E-state index in [9.17, 15) is 0 Å². The maximum atomic E-state index is 3.82. The van der Waals surface area contributed by atoms with E-state index < -0.39 is 0 Å². The van der Waals surface area contributed by atoms with Gasteiger partial charge in [-0.2, -0.15) is 0 Å². The molecule has 2 nitrogen and oxygen atoms in total. The Bertz CT molecular complexity index is 197. The first-order valence-electron chi connectivity index (χ1n) is 7.28. The molecule has 2 fully saturated rings. The molecule has 0 aromatic carbocycles. The molecule has 2 heteroatoms. The van der Waals surface area contributed by atoms with Crippen molar-refractivity contribution in [1.82, 2.24) is 10.4 Å². The lowest BCUT2D eigenvalue weighted by molar-refractivity contribution is 0.0752. The number of hydrazine groups is 1. The third kappa shape index (κ3) is 3.21. The van der Waals surface area contributed by atoms with Crippen LogP contribution in [0.3, 0.4) is 0 Å². The second-order valence-corrected chi connectivity index (χ2v) is 5.98. The third-order valence-electron chi connectivity index (χ3n) is 4.38. The van der Waals surface area contributed by atoms with Gasteiger partial charge in [0, 0.05) is 19.1 Å². The van der Waals surface area contributed by atoms with Gasteiger partial charge < -0.3 is 0 Å².